The van der Waals surface area contributed by atoms with Crippen LogP contribution < -0.4 is 16.4 Å². The largest absolute Gasteiger partial charge is 0.465 e. The Kier molecular flexibility index (Phi) is 6.33. The highest BCUT2D eigenvalue weighted by Gasteiger charge is 2.16. The van der Waals surface area contributed by atoms with Crippen LogP contribution in [0.1, 0.15) is 20.7 Å². The van der Waals surface area contributed by atoms with Crippen LogP contribution in [0.15, 0.2) is 48.8 Å². The van der Waals surface area contributed by atoms with Gasteiger partial charge in [0, 0.05) is 5.69 Å². The highest BCUT2D eigenvalue weighted by molar-refractivity contribution is 6.33. The maximum absolute atomic E-state index is 12.0. The second-order valence-corrected chi connectivity index (χ2v) is 6.40. The summed E-state index contributed by atoms with van der Waals surface area (Å²) < 4.78 is 9.48. The van der Waals surface area contributed by atoms with Crippen molar-refractivity contribution >= 4 is 52.2 Å². The third kappa shape index (κ3) is 4.58. The summed E-state index contributed by atoms with van der Waals surface area (Å²) in [4.78, 5) is 32.2. The van der Waals surface area contributed by atoms with Gasteiger partial charge < -0.3 is 25.8 Å². The first-order valence-corrected chi connectivity index (χ1v) is 9.01. The minimum atomic E-state index is -0.611. The first-order chi connectivity index (χ1) is 14.4. The van der Waals surface area contributed by atoms with Crippen molar-refractivity contribution in [3.8, 4) is 0 Å². The fourth-order valence-corrected chi connectivity index (χ4v) is 2.78. The molecule has 0 bridgehead atoms. The van der Waals surface area contributed by atoms with Crippen molar-refractivity contribution < 1.29 is 19.1 Å². The van der Waals surface area contributed by atoms with Crippen molar-refractivity contribution in [1.82, 2.24) is 9.97 Å². The summed E-state index contributed by atoms with van der Waals surface area (Å²) >= 11 is 6.17. The summed E-state index contributed by atoms with van der Waals surface area (Å²) in [6.45, 7) is 0. The number of anilines is 5. The number of halogens is 1. The number of para-hydroxylation sites is 1. The number of hydrogen-bond donors (Lipinski definition) is 3. The summed E-state index contributed by atoms with van der Waals surface area (Å²) in [6.07, 6.45) is 1.31. The molecule has 0 aliphatic heterocycles. The van der Waals surface area contributed by atoms with Gasteiger partial charge >= 0.3 is 11.9 Å². The molecule has 1 aromatic heterocycles. The van der Waals surface area contributed by atoms with E-state index >= 15 is 0 Å². The molecule has 30 heavy (non-hydrogen) atoms. The Bertz CT molecular complexity index is 1070. The number of rotatable bonds is 6. The smallest absolute Gasteiger partial charge is 0.337 e. The number of benzene rings is 2. The van der Waals surface area contributed by atoms with Gasteiger partial charge in [-0.25, -0.2) is 19.6 Å². The maximum Gasteiger partial charge on any atom is 0.337 e. The Morgan fingerprint density at radius 1 is 0.933 bits per heavy atom. The minimum Gasteiger partial charge on any atom is -0.465 e. The fraction of sp³-hybridized carbons (Fsp3) is 0.100. The Labute approximate surface area is 177 Å². The van der Waals surface area contributed by atoms with Crippen LogP contribution in [0.25, 0.3) is 0 Å². The third-order valence-electron chi connectivity index (χ3n) is 4.05. The van der Waals surface area contributed by atoms with Gasteiger partial charge in [-0.15, -0.1) is 0 Å². The molecule has 154 valence electrons. The van der Waals surface area contributed by atoms with Crippen LogP contribution in [0, 0.1) is 0 Å². The predicted molar refractivity (Wildman–Crippen MR) is 114 cm³/mol. The van der Waals surface area contributed by atoms with Crippen LogP contribution in [0.4, 0.5) is 28.7 Å². The average Bonchev–Trinajstić information content (AvgIpc) is 2.76. The van der Waals surface area contributed by atoms with Gasteiger partial charge in [0.1, 0.15) is 12.0 Å². The van der Waals surface area contributed by atoms with E-state index in [-0.39, 0.29) is 22.6 Å². The van der Waals surface area contributed by atoms with Gasteiger partial charge in [-0.1, -0.05) is 23.7 Å². The quantitative estimate of drug-likeness (QED) is 0.503. The van der Waals surface area contributed by atoms with Crippen LogP contribution in [0.2, 0.25) is 5.02 Å². The Hall–Kier alpha value is -3.85. The first kappa shape index (κ1) is 20.9. The molecule has 0 saturated carbocycles. The van der Waals surface area contributed by atoms with Crippen molar-refractivity contribution in [2.45, 2.75) is 0 Å². The van der Waals surface area contributed by atoms with Crippen LogP contribution >= 0.6 is 11.6 Å². The summed E-state index contributed by atoms with van der Waals surface area (Å²) in [7, 11) is 2.49. The molecule has 3 aromatic rings. The number of ether oxygens (including phenoxy) is 2. The molecular weight excluding hydrogens is 410 g/mol. The normalized spacial score (nSPS) is 10.2. The zero-order valence-electron chi connectivity index (χ0n) is 16.1. The van der Waals surface area contributed by atoms with E-state index in [0.29, 0.717) is 22.2 Å². The summed E-state index contributed by atoms with van der Waals surface area (Å²) in [5, 5.41) is 6.53. The second-order valence-electron chi connectivity index (χ2n) is 6.00. The highest BCUT2D eigenvalue weighted by atomic mass is 35.5. The van der Waals surface area contributed by atoms with Gasteiger partial charge in [-0.2, -0.15) is 0 Å². The molecule has 4 N–H and O–H groups in total. The molecule has 1 heterocycles. The Morgan fingerprint density at radius 3 is 2.07 bits per heavy atom. The SMILES string of the molecule is COC(=O)c1cc(Nc2ncnc(Nc3ccccc3Cl)c2N)cc(C(=O)OC)c1. The van der Waals surface area contributed by atoms with Gasteiger partial charge in [0.2, 0.25) is 0 Å². The van der Waals surface area contributed by atoms with E-state index in [0.717, 1.165) is 0 Å². The van der Waals surface area contributed by atoms with E-state index < -0.39 is 11.9 Å². The monoisotopic (exact) mass is 427 g/mol. The molecule has 0 aliphatic rings. The van der Waals surface area contributed by atoms with Crippen LogP contribution in [0.5, 0.6) is 0 Å². The van der Waals surface area contributed by atoms with Crippen LogP contribution in [-0.4, -0.2) is 36.1 Å². The van der Waals surface area contributed by atoms with Crippen molar-refractivity contribution in [2.75, 3.05) is 30.6 Å². The van der Waals surface area contributed by atoms with Crippen LogP contribution in [-0.2, 0) is 9.47 Å². The molecule has 0 unspecified atom stereocenters. The molecule has 0 fully saturated rings. The summed E-state index contributed by atoms with van der Waals surface area (Å²) in [5.41, 5.74) is 7.73. The third-order valence-corrected chi connectivity index (χ3v) is 4.38. The van der Waals surface area contributed by atoms with Crippen molar-refractivity contribution in [1.29, 1.82) is 0 Å². The Morgan fingerprint density at radius 2 is 1.50 bits per heavy atom. The van der Waals surface area contributed by atoms with E-state index in [2.05, 4.69) is 20.6 Å². The number of nitrogens with zero attached hydrogens (tertiary/aromatic N) is 2. The van der Waals surface area contributed by atoms with Gasteiger partial charge in [0.05, 0.1) is 36.1 Å². The lowest BCUT2D eigenvalue weighted by molar-refractivity contribution is 0.0599. The van der Waals surface area contributed by atoms with Gasteiger partial charge in [-0.05, 0) is 30.3 Å². The standard InChI is InChI=1S/C20H18ClN5O4/c1-29-19(27)11-7-12(20(28)30-2)9-13(8-11)25-17-16(22)18(24-10-23-17)26-15-6-4-3-5-14(15)21/h3-10H,22H2,1-2H3,(H2,23,24,25,26). The number of esters is 2. The minimum absolute atomic E-state index is 0.157. The molecule has 3 rings (SSSR count). The lowest BCUT2D eigenvalue weighted by atomic mass is 10.1. The molecule has 0 aliphatic carbocycles. The summed E-state index contributed by atoms with van der Waals surface area (Å²) in [5.74, 6) is -0.628. The molecule has 0 radical (unpaired) electrons. The number of carbonyl (C=O) groups excluding carboxylic acids is 2. The van der Waals surface area contributed by atoms with Gasteiger partial charge in [-0.3, -0.25) is 0 Å². The predicted octanol–water partition coefficient (Wildman–Crippen LogP) is 3.77. The zero-order chi connectivity index (χ0) is 21.7. The van der Waals surface area contributed by atoms with E-state index in [1.807, 2.05) is 6.07 Å². The summed E-state index contributed by atoms with van der Waals surface area (Å²) in [6, 6.07) is 11.5. The number of nitrogens with two attached hydrogens (primary N) is 1. The van der Waals surface area contributed by atoms with Gasteiger partial charge in [0.25, 0.3) is 0 Å². The molecule has 10 heteroatoms. The molecular formula is C20H18ClN5O4. The fourth-order valence-electron chi connectivity index (χ4n) is 2.59. The van der Waals surface area contributed by atoms with Crippen molar-refractivity contribution in [2.24, 2.45) is 0 Å². The molecule has 0 spiro atoms. The van der Waals surface area contributed by atoms with E-state index in [4.69, 9.17) is 26.8 Å². The molecule has 9 nitrogen and oxygen atoms in total. The van der Waals surface area contributed by atoms with E-state index in [9.17, 15) is 9.59 Å². The lowest BCUT2D eigenvalue weighted by Gasteiger charge is -2.14. The Balaban J connectivity index is 1.95. The first-order valence-electron chi connectivity index (χ1n) is 8.63. The van der Waals surface area contributed by atoms with Crippen molar-refractivity contribution in [3.63, 3.8) is 0 Å². The molecule has 0 amide bonds. The topological polar surface area (TPSA) is 128 Å². The number of carbonyl (C=O) groups is 2. The molecule has 0 atom stereocenters. The average molecular weight is 428 g/mol. The van der Waals surface area contributed by atoms with Crippen LogP contribution in [0.3, 0.4) is 0 Å². The van der Waals surface area contributed by atoms with Gasteiger partial charge in [0.15, 0.2) is 11.6 Å². The molecule has 0 saturated heterocycles. The number of methoxy groups -OCH3 is 2. The number of hydrogen-bond acceptors (Lipinski definition) is 9. The maximum atomic E-state index is 12.0. The highest BCUT2D eigenvalue weighted by Crippen LogP contribution is 2.31. The zero-order valence-corrected chi connectivity index (χ0v) is 16.9. The van der Waals surface area contributed by atoms with Crippen molar-refractivity contribution in [3.05, 3.63) is 64.9 Å². The lowest BCUT2D eigenvalue weighted by Crippen LogP contribution is -2.09. The second kappa shape index (κ2) is 9.10. The number of nitrogens with one attached hydrogen (secondary N) is 2. The van der Waals surface area contributed by atoms with E-state index in [1.165, 1.54) is 38.7 Å². The molecule has 2 aromatic carbocycles. The number of aromatic nitrogens is 2. The number of nitrogen functional groups attached to an aromatic ring is 1. The van der Waals surface area contributed by atoms with E-state index in [1.54, 1.807) is 18.2 Å².